The Balaban J connectivity index is 1.96. The molecule has 20 heavy (non-hydrogen) atoms. The molecule has 0 aliphatic heterocycles. The van der Waals surface area contributed by atoms with Crippen LogP contribution in [0.4, 0.5) is 10.5 Å². The highest BCUT2D eigenvalue weighted by molar-refractivity contribution is 6.29. The Bertz CT molecular complexity index is 617. The van der Waals surface area contributed by atoms with Crippen LogP contribution >= 0.6 is 11.6 Å². The van der Waals surface area contributed by atoms with Crippen LogP contribution < -0.4 is 5.32 Å². The zero-order chi connectivity index (χ0) is 14.4. The van der Waals surface area contributed by atoms with Crippen molar-refractivity contribution in [3.05, 3.63) is 58.9 Å². The predicted molar refractivity (Wildman–Crippen MR) is 74.9 cm³/mol. The minimum atomic E-state index is -0.666. The molecule has 0 fully saturated rings. The summed E-state index contributed by atoms with van der Waals surface area (Å²) < 4.78 is 5.04. The van der Waals surface area contributed by atoms with Crippen molar-refractivity contribution in [2.75, 3.05) is 5.32 Å². The van der Waals surface area contributed by atoms with Crippen molar-refractivity contribution in [2.24, 2.45) is 0 Å². The fourth-order valence-corrected chi connectivity index (χ4v) is 1.68. The number of benzene rings is 1. The number of nitrogens with zero attached hydrogens (tertiary/aromatic N) is 1. The largest absolute Gasteiger partial charge is 0.444 e. The lowest BCUT2D eigenvalue weighted by Gasteiger charge is -2.08. The van der Waals surface area contributed by atoms with E-state index in [2.05, 4.69) is 10.3 Å². The summed E-state index contributed by atoms with van der Waals surface area (Å²) in [5.74, 6) is 0. The second-order valence-corrected chi connectivity index (χ2v) is 4.29. The molecule has 0 atom stereocenters. The van der Waals surface area contributed by atoms with E-state index in [9.17, 15) is 9.59 Å². The van der Waals surface area contributed by atoms with Crippen molar-refractivity contribution in [3.8, 4) is 0 Å². The molecule has 0 radical (unpaired) electrons. The van der Waals surface area contributed by atoms with Crippen LogP contribution in [0.15, 0.2) is 42.6 Å². The van der Waals surface area contributed by atoms with Gasteiger partial charge in [-0.05, 0) is 11.6 Å². The Labute approximate surface area is 120 Å². The number of amides is 1. The van der Waals surface area contributed by atoms with E-state index in [1.807, 2.05) is 30.3 Å². The van der Waals surface area contributed by atoms with Gasteiger partial charge in [0.1, 0.15) is 11.8 Å². The van der Waals surface area contributed by atoms with Gasteiger partial charge in [0.05, 0.1) is 11.9 Å². The average molecular weight is 291 g/mol. The van der Waals surface area contributed by atoms with Crippen molar-refractivity contribution in [1.82, 2.24) is 4.98 Å². The van der Waals surface area contributed by atoms with Crippen LogP contribution in [0.1, 0.15) is 15.9 Å². The maximum Gasteiger partial charge on any atom is 0.412 e. The van der Waals surface area contributed by atoms with Crippen LogP contribution in [0.2, 0.25) is 5.15 Å². The van der Waals surface area contributed by atoms with Gasteiger partial charge in [0.2, 0.25) is 0 Å². The summed E-state index contributed by atoms with van der Waals surface area (Å²) in [4.78, 5) is 26.3. The number of anilines is 1. The number of halogens is 1. The summed E-state index contributed by atoms with van der Waals surface area (Å²) in [5, 5.41) is 2.62. The number of rotatable bonds is 4. The smallest absolute Gasteiger partial charge is 0.412 e. The molecule has 1 amide bonds. The Hall–Kier alpha value is -2.40. The number of aromatic nitrogens is 1. The molecule has 2 aromatic rings. The molecular formula is C14H11ClN2O3. The number of hydrogen-bond donors (Lipinski definition) is 1. The van der Waals surface area contributed by atoms with Gasteiger partial charge < -0.3 is 4.74 Å². The number of aldehydes is 1. The zero-order valence-corrected chi connectivity index (χ0v) is 11.1. The topological polar surface area (TPSA) is 68.3 Å². The number of carbonyl (C=O) groups is 2. The lowest BCUT2D eigenvalue weighted by molar-refractivity contribution is 0.112. The highest BCUT2D eigenvalue weighted by Gasteiger charge is 2.09. The van der Waals surface area contributed by atoms with E-state index in [0.717, 1.165) is 5.56 Å². The number of pyridine rings is 1. The first kappa shape index (κ1) is 14.0. The van der Waals surface area contributed by atoms with Crippen LogP contribution in [-0.2, 0) is 11.3 Å². The van der Waals surface area contributed by atoms with Gasteiger partial charge >= 0.3 is 6.09 Å². The first-order valence-electron chi connectivity index (χ1n) is 5.77. The molecule has 2 rings (SSSR count). The Morgan fingerprint density at radius 1 is 1.35 bits per heavy atom. The van der Waals surface area contributed by atoms with Crippen LogP contribution in [0, 0.1) is 0 Å². The van der Waals surface area contributed by atoms with Crippen LogP contribution in [0.5, 0.6) is 0 Å². The van der Waals surface area contributed by atoms with E-state index >= 15 is 0 Å². The summed E-state index contributed by atoms with van der Waals surface area (Å²) in [7, 11) is 0. The maximum atomic E-state index is 11.6. The maximum absolute atomic E-state index is 11.6. The monoisotopic (exact) mass is 290 g/mol. The molecule has 6 heteroatoms. The van der Waals surface area contributed by atoms with Gasteiger partial charge in [-0.3, -0.25) is 10.1 Å². The number of nitrogens with one attached hydrogen (secondary N) is 1. The summed E-state index contributed by atoms with van der Waals surface area (Å²) >= 11 is 5.66. The Morgan fingerprint density at radius 2 is 2.10 bits per heavy atom. The van der Waals surface area contributed by atoms with Crippen molar-refractivity contribution >= 4 is 29.7 Å². The number of ether oxygens (including phenoxy) is 1. The van der Waals surface area contributed by atoms with Crippen molar-refractivity contribution < 1.29 is 14.3 Å². The van der Waals surface area contributed by atoms with Crippen molar-refractivity contribution in [3.63, 3.8) is 0 Å². The number of hydrogen-bond acceptors (Lipinski definition) is 4. The molecular weight excluding hydrogens is 280 g/mol. The SMILES string of the molecule is O=Cc1cc(Cl)ncc1NC(=O)OCc1ccccc1. The first-order chi connectivity index (χ1) is 9.69. The summed E-state index contributed by atoms with van der Waals surface area (Å²) in [5.41, 5.74) is 1.36. The van der Waals surface area contributed by atoms with E-state index < -0.39 is 6.09 Å². The minimum absolute atomic E-state index is 0.143. The molecule has 0 aliphatic rings. The number of carbonyl (C=O) groups excluding carboxylic acids is 2. The van der Waals surface area contributed by atoms with Gasteiger partial charge in [-0.1, -0.05) is 41.9 Å². The lowest BCUT2D eigenvalue weighted by Crippen LogP contribution is -2.15. The van der Waals surface area contributed by atoms with Gasteiger partial charge in [-0.25, -0.2) is 9.78 Å². The third-order valence-corrected chi connectivity index (χ3v) is 2.69. The minimum Gasteiger partial charge on any atom is -0.444 e. The second-order valence-electron chi connectivity index (χ2n) is 3.90. The standard InChI is InChI=1S/C14H11ClN2O3/c15-13-6-11(8-18)12(7-16-13)17-14(19)20-9-10-4-2-1-3-5-10/h1-8H,9H2,(H,17,19). The van der Waals surface area contributed by atoms with Gasteiger partial charge in [0, 0.05) is 5.56 Å². The molecule has 0 aliphatic carbocycles. The van der Waals surface area contributed by atoms with E-state index in [4.69, 9.17) is 16.3 Å². The molecule has 0 bridgehead atoms. The zero-order valence-electron chi connectivity index (χ0n) is 10.4. The Morgan fingerprint density at radius 3 is 2.80 bits per heavy atom. The van der Waals surface area contributed by atoms with Gasteiger partial charge in [-0.15, -0.1) is 0 Å². The van der Waals surface area contributed by atoms with E-state index in [-0.39, 0.29) is 23.0 Å². The molecule has 5 nitrogen and oxygen atoms in total. The predicted octanol–water partition coefficient (Wildman–Crippen LogP) is 3.30. The highest BCUT2D eigenvalue weighted by Crippen LogP contribution is 2.16. The normalized spacial score (nSPS) is 9.85. The van der Waals surface area contributed by atoms with E-state index in [0.29, 0.717) is 6.29 Å². The van der Waals surface area contributed by atoms with Crippen LogP contribution in [0.25, 0.3) is 0 Å². The molecule has 1 aromatic heterocycles. The molecule has 102 valence electrons. The second kappa shape index (κ2) is 6.68. The molecule has 0 spiro atoms. The fourth-order valence-electron chi connectivity index (χ4n) is 1.52. The molecule has 1 heterocycles. The van der Waals surface area contributed by atoms with E-state index in [1.165, 1.54) is 12.3 Å². The Kier molecular flexibility index (Phi) is 4.68. The fraction of sp³-hybridized carbons (Fsp3) is 0.0714. The van der Waals surface area contributed by atoms with Crippen molar-refractivity contribution in [1.29, 1.82) is 0 Å². The third kappa shape index (κ3) is 3.80. The quantitative estimate of drug-likeness (QED) is 0.693. The molecule has 0 saturated carbocycles. The molecule has 1 aromatic carbocycles. The van der Waals surface area contributed by atoms with Crippen molar-refractivity contribution in [2.45, 2.75) is 6.61 Å². The first-order valence-corrected chi connectivity index (χ1v) is 6.15. The molecule has 0 unspecified atom stereocenters. The summed E-state index contributed by atoms with van der Waals surface area (Å²) in [6, 6.07) is 10.6. The van der Waals surface area contributed by atoms with Crippen LogP contribution in [-0.4, -0.2) is 17.4 Å². The van der Waals surface area contributed by atoms with Crippen LogP contribution in [0.3, 0.4) is 0 Å². The molecule has 0 saturated heterocycles. The summed E-state index contributed by atoms with van der Waals surface area (Å²) in [6.45, 7) is 0.143. The lowest BCUT2D eigenvalue weighted by atomic mass is 10.2. The average Bonchev–Trinajstić information content (AvgIpc) is 2.48. The highest BCUT2D eigenvalue weighted by atomic mass is 35.5. The van der Waals surface area contributed by atoms with E-state index in [1.54, 1.807) is 0 Å². The molecule has 1 N–H and O–H groups in total. The summed E-state index contributed by atoms with van der Waals surface area (Å²) in [6.07, 6.45) is 1.22. The van der Waals surface area contributed by atoms with Gasteiger partial charge in [0.25, 0.3) is 0 Å². The van der Waals surface area contributed by atoms with Gasteiger partial charge in [0.15, 0.2) is 6.29 Å². The third-order valence-electron chi connectivity index (χ3n) is 2.48. The van der Waals surface area contributed by atoms with Gasteiger partial charge in [-0.2, -0.15) is 0 Å².